The number of benzene rings is 1. The largest absolute Gasteiger partial charge is 0.343 e. The molecule has 1 aromatic rings. The molecule has 1 saturated carbocycles. The van der Waals surface area contributed by atoms with Crippen LogP contribution in [0.4, 0.5) is 8.78 Å². The summed E-state index contributed by atoms with van der Waals surface area (Å²) >= 11 is 0. The molecule has 1 N–H and O–H groups in total. The van der Waals surface area contributed by atoms with Gasteiger partial charge in [-0.1, -0.05) is 0 Å². The van der Waals surface area contributed by atoms with E-state index in [2.05, 4.69) is 11.4 Å². The Morgan fingerprint density at radius 2 is 2.09 bits per heavy atom. The van der Waals surface area contributed by atoms with Crippen molar-refractivity contribution >= 4 is 11.8 Å². The summed E-state index contributed by atoms with van der Waals surface area (Å²) in [4.78, 5) is 25.1. The standard InChI is InChI=1S/C15H15F2N3O2/c1-20(15(9-18)5-2-6-15)13(21)8-19-14(22)11-4-3-10(16)7-12(11)17/h3-4,7H,2,5-6,8H2,1H3,(H,19,22). The minimum Gasteiger partial charge on any atom is -0.343 e. The van der Waals surface area contributed by atoms with Crippen LogP contribution in [-0.4, -0.2) is 35.8 Å². The first-order valence-electron chi connectivity index (χ1n) is 6.81. The molecular formula is C15H15F2N3O2. The topological polar surface area (TPSA) is 73.2 Å². The van der Waals surface area contributed by atoms with E-state index in [9.17, 15) is 18.4 Å². The van der Waals surface area contributed by atoms with E-state index >= 15 is 0 Å². The van der Waals surface area contributed by atoms with Crippen LogP contribution in [0.2, 0.25) is 0 Å². The second-order valence-corrected chi connectivity index (χ2v) is 5.26. The fraction of sp³-hybridized carbons (Fsp3) is 0.400. The SMILES string of the molecule is CN(C(=O)CNC(=O)c1ccc(F)cc1F)C1(C#N)CCC1. The normalized spacial score (nSPS) is 15.4. The third-order valence-corrected chi connectivity index (χ3v) is 3.98. The van der Waals surface area contributed by atoms with Gasteiger partial charge in [0.2, 0.25) is 5.91 Å². The molecule has 22 heavy (non-hydrogen) atoms. The van der Waals surface area contributed by atoms with Gasteiger partial charge in [0.1, 0.15) is 17.2 Å². The summed E-state index contributed by atoms with van der Waals surface area (Å²) in [5, 5.41) is 11.4. The zero-order valence-corrected chi connectivity index (χ0v) is 12.0. The molecule has 1 aromatic carbocycles. The van der Waals surface area contributed by atoms with Crippen LogP contribution in [-0.2, 0) is 4.79 Å². The first-order chi connectivity index (χ1) is 10.4. The highest BCUT2D eigenvalue weighted by Gasteiger charge is 2.43. The number of amides is 2. The van der Waals surface area contributed by atoms with Crippen LogP contribution in [0.1, 0.15) is 29.6 Å². The summed E-state index contributed by atoms with van der Waals surface area (Å²) in [6.45, 7) is -0.352. The highest BCUT2D eigenvalue weighted by molar-refractivity contribution is 5.96. The van der Waals surface area contributed by atoms with Crippen molar-refractivity contribution in [1.29, 1.82) is 5.26 Å². The van der Waals surface area contributed by atoms with Crippen LogP contribution in [0.3, 0.4) is 0 Å². The van der Waals surface area contributed by atoms with E-state index in [1.54, 1.807) is 0 Å². The average molecular weight is 307 g/mol. The lowest BCUT2D eigenvalue weighted by atomic mass is 9.76. The number of hydrogen-bond donors (Lipinski definition) is 1. The average Bonchev–Trinajstić information content (AvgIpc) is 2.43. The minimum absolute atomic E-state index is 0.338. The molecule has 2 amide bonds. The molecule has 0 radical (unpaired) electrons. The Bertz CT molecular complexity index is 651. The number of likely N-dealkylation sites (N-methyl/N-ethyl adjacent to an activating group) is 1. The molecule has 1 aliphatic rings. The number of nitrogens with one attached hydrogen (secondary N) is 1. The summed E-state index contributed by atoms with van der Waals surface area (Å²) in [5.41, 5.74) is -1.14. The maximum atomic E-state index is 13.5. The van der Waals surface area contributed by atoms with Crippen molar-refractivity contribution in [3.8, 4) is 6.07 Å². The Kier molecular flexibility index (Phi) is 4.40. The highest BCUT2D eigenvalue weighted by Crippen LogP contribution is 2.36. The number of hydrogen-bond acceptors (Lipinski definition) is 3. The van der Waals surface area contributed by atoms with Gasteiger partial charge in [-0.05, 0) is 31.4 Å². The van der Waals surface area contributed by atoms with Crippen LogP contribution in [0, 0.1) is 23.0 Å². The van der Waals surface area contributed by atoms with Gasteiger partial charge in [-0.25, -0.2) is 8.78 Å². The molecule has 0 unspecified atom stereocenters. The van der Waals surface area contributed by atoms with Crippen LogP contribution in [0.25, 0.3) is 0 Å². The van der Waals surface area contributed by atoms with Crippen molar-refractivity contribution in [1.82, 2.24) is 10.2 Å². The molecule has 2 rings (SSSR count). The third kappa shape index (κ3) is 2.91. The summed E-state index contributed by atoms with van der Waals surface area (Å²) in [6, 6.07) is 4.69. The predicted molar refractivity (Wildman–Crippen MR) is 73.7 cm³/mol. The lowest BCUT2D eigenvalue weighted by molar-refractivity contribution is -0.135. The van der Waals surface area contributed by atoms with Gasteiger partial charge < -0.3 is 10.2 Å². The molecule has 1 fully saturated rings. The number of carbonyl (C=O) groups excluding carboxylic acids is 2. The fourth-order valence-corrected chi connectivity index (χ4v) is 2.32. The quantitative estimate of drug-likeness (QED) is 0.918. The molecule has 0 heterocycles. The monoisotopic (exact) mass is 307 g/mol. The number of rotatable bonds is 4. The van der Waals surface area contributed by atoms with Gasteiger partial charge in [0, 0.05) is 13.1 Å². The number of nitrogens with zero attached hydrogens (tertiary/aromatic N) is 2. The second kappa shape index (κ2) is 6.10. The Morgan fingerprint density at radius 3 is 2.59 bits per heavy atom. The van der Waals surface area contributed by atoms with Crippen molar-refractivity contribution in [3.63, 3.8) is 0 Å². The maximum absolute atomic E-state index is 13.5. The molecule has 5 nitrogen and oxygen atoms in total. The maximum Gasteiger partial charge on any atom is 0.254 e. The molecular weight excluding hydrogens is 292 g/mol. The molecule has 0 aliphatic heterocycles. The number of nitriles is 1. The van der Waals surface area contributed by atoms with Gasteiger partial charge in [-0.2, -0.15) is 5.26 Å². The van der Waals surface area contributed by atoms with Gasteiger partial charge in [0.25, 0.3) is 5.91 Å². The molecule has 1 aliphatic carbocycles. The van der Waals surface area contributed by atoms with E-state index in [0.29, 0.717) is 18.9 Å². The predicted octanol–water partition coefficient (Wildman–Crippen LogP) is 1.60. The van der Waals surface area contributed by atoms with Crippen LogP contribution >= 0.6 is 0 Å². The van der Waals surface area contributed by atoms with Crippen LogP contribution < -0.4 is 5.32 Å². The van der Waals surface area contributed by atoms with Crippen molar-refractivity contribution < 1.29 is 18.4 Å². The van der Waals surface area contributed by atoms with Crippen molar-refractivity contribution in [2.45, 2.75) is 24.8 Å². The summed E-state index contributed by atoms with van der Waals surface area (Å²) in [5.74, 6) is -3.02. The minimum atomic E-state index is -0.995. The van der Waals surface area contributed by atoms with E-state index in [4.69, 9.17) is 5.26 Å². The zero-order valence-electron chi connectivity index (χ0n) is 12.0. The molecule has 0 spiro atoms. The van der Waals surface area contributed by atoms with E-state index in [0.717, 1.165) is 18.6 Å². The van der Waals surface area contributed by atoms with E-state index in [1.807, 2.05) is 0 Å². The van der Waals surface area contributed by atoms with Gasteiger partial charge in [0.15, 0.2) is 0 Å². The Labute approximate surface area is 126 Å². The molecule has 116 valence electrons. The number of carbonyl (C=O) groups is 2. The zero-order chi connectivity index (χ0) is 16.3. The van der Waals surface area contributed by atoms with Gasteiger partial charge in [-0.3, -0.25) is 9.59 Å². The Hall–Kier alpha value is -2.49. The van der Waals surface area contributed by atoms with Gasteiger partial charge in [-0.15, -0.1) is 0 Å². The Morgan fingerprint density at radius 1 is 1.41 bits per heavy atom. The molecule has 0 atom stereocenters. The van der Waals surface area contributed by atoms with Gasteiger partial charge >= 0.3 is 0 Å². The van der Waals surface area contributed by atoms with Crippen molar-refractivity contribution in [2.24, 2.45) is 0 Å². The third-order valence-electron chi connectivity index (χ3n) is 3.98. The van der Waals surface area contributed by atoms with Gasteiger partial charge in [0.05, 0.1) is 18.2 Å². The lowest BCUT2D eigenvalue weighted by Gasteiger charge is -2.42. The summed E-state index contributed by atoms with van der Waals surface area (Å²) < 4.78 is 26.2. The second-order valence-electron chi connectivity index (χ2n) is 5.26. The molecule has 0 bridgehead atoms. The first kappa shape index (κ1) is 15.9. The lowest BCUT2D eigenvalue weighted by Crippen LogP contribution is -2.55. The molecule has 0 saturated heterocycles. The van der Waals surface area contributed by atoms with E-state index < -0.39 is 29.0 Å². The Balaban J connectivity index is 1.96. The smallest absolute Gasteiger partial charge is 0.254 e. The van der Waals surface area contributed by atoms with Crippen LogP contribution in [0.5, 0.6) is 0 Å². The van der Waals surface area contributed by atoms with E-state index in [1.165, 1.54) is 11.9 Å². The van der Waals surface area contributed by atoms with E-state index in [-0.39, 0.29) is 12.1 Å². The van der Waals surface area contributed by atoms with Crippen LogP contribution in [0.15, 0.2) is 18.2 Å². The molecule has 0 aromatic heterocycles. The first-order valence-corrected chi connectivity index (χ1v) is 6.81. The molecule has 7 heteroatoms. The van der Waals surface area contributed by atoms with Crippen molar-refractivity contribution in [3.05, 3.63) is 35.4 Å². The summed E-state index contributed by atoms with van der Waals surface area (Å²) in [6.07, 6.45) is 2.08. The number of halogens is 2. The summed E-state index contributed by atoms with van der Waals surface area (Å²) in [7, 11) is 1.51. The fourth-order valence-electron chi connectivity index (χ4n) is 2.32. The van der Waals surface area contributed by atoms with Crippen molar-refractivity contribution in [2.75, 3.05) is 13.6 Å². The highest BCUT2D eigenvalue weighted by atomic mass is 19.1.